The van der Waals surface area contributed by atoms with Gasteiger partial charge in [0.1, 0.15) is 5.75 Å². The fourth-order valence-electron chi connectivity index (χ4n) is 1.13. The Bertz CT molecular complexity index is 379. The molecular formula is C11H16N3OS+. The summed E-state index contributed by atoms with van der Waals surface area (Å²) in [4.78, 5) is 0. The monoisotopic (exact) mass is 238 g/mol. The zero-order valence-corrected chi connectivity index (χ0v) is 10.0. The molecular weight excluding hydrogens is 222 g/mol. The second kappa shape index (κ2) is 6.79. The minimum absolute atomic E-state index is 0.197. The van der Waals surface area contributed by atoms with Gasteiger partial charge in [0.05, 0.1) is 12.2 Å². The van der Waals surface area contributed by atoms with Gasteiger partial charge >= 0.3 is 0 Å². The van der Waals surface area contributed by atoms with E-state index in [-0.39, 0.29) is 5.11 Å². The summed E-state index contributed by atoms with van der Waals surface area (Å²) < 4.78 is 5.58. The molecule has 86 valence electrons. The number of para-hydroxylation sites is 1. The highest BCUT2D eigenvalue weighted by Crippen LogP contribution is 2.14. The Morgan fingerprint density at radius 3 is 3.00 bits per heavy atom. The molecule has 0 aromatic heterocycles. The van der Waals surface area contributed by atoms with Crippen molar-refractivity contribution in [3.63, 3.8) is 0 Å². The van der Waals surface area contributed by atoms with E-state index in [9.17, 15) is 0 Å². The summed E-state index contributed by atoms with van der Waals surface area (Å²) >= 11 is 4.67. The van der Waals surface area contributed by atoms with Crippen molar-refractivity contribution in [3.05, 3.63) is 29.8 Å². The predicted octanol–water partition coefficient (Wildman–Crippen LogP) is -0.277. The first kappa shape index (κ1) is 12.4. The smallest absolute Gasteiger partial charge is 0.221 e. The first-order chi connectivity index (χ1) is 7.74. The quantitative estimate of drug-likeness (QED) is 0.375. The van der Waals surface area contributed by atoms with Crippen LogP contribution in [0.4, 0.5) is 0 Å². The van der Waals surface area contributed by atoms with E-state index in [2.05, 4.69) is 29.7 Å². The van der Waals surface area contributed by atoms with Crippen LogP contribution in [0.5, 0.6) is 5.75 Å². The SMILES string of the molecule is CCCOc1ccccc1C=[NH+]NC(N)=S. The lowest BCUT2D eigenvalue weighted by molar-refractivity contribution is -0.499. The molecule has 0 saturated carbocycles. The Kier molecular flexibility index (Phi) is 5.28. The summed E-state index contributed by atoms with van der Waals surface area (Å²) in [6, 6.07) is 7.74. The molecule has 1 aromatic rings. The molecule has 0 saturated heterocycles. The number of hydrazine groups is 1. The van der Waals surface area contributed by atoms with Gasteiger partial charge in [0.15, 0.2) is 0 Å². The van der Waals surface area contributed by atoms with Crippen molar-refractivity contribution >= 4 is 23.5 Å². The molecule has 5 heteroatoms. The maximum absolute atomic E-state index is 5.58. The predicted molar refractivity (Wildman–Crippen MR) is 68.3 cm³/mol. The number of benzene rings is 1. The zero-order valence-electron chi connectivity index (χ0n) is 9.19. The molecule has 0 aliphatic heterocycles. The average Bonchev–Trinajstić information content (AvgIpc) is 2.27. The minimum Gasteiger partial charge on any atom is -0.493 e. The number of hydrogen-bond donors (Lipinski definition) is 3. The van der Waals surface area contributed by atoms with Crippen molar-refractivity contribution in [2.45, 2.75) is 13.3 Å². The number of rotatable bonds is 5. The topological polar surface area (TPSA) is 61.2 Å². The standard InChI is InChI=1S/C11H15N3OS/c1-2-7-15-10-6-4-3-5-9(10)8-13-14-11(12)16/h3-6,8H,2,7H2,1H3,(H3,12,14,16)/p+1. The molecule has 4 nitrogen and oxygen atoms in total. The van der Waals surface area contributed by atoms with E-state index >= 15 is 0 Å². The molecule has 0 radical (unpaired) electrons. The van der Waals surface area contributed by atoms with Crippen LogP contribution >= 0.6 is 12.2 Å². The second-order valence-electron chi connectivity index (χ2n) is 3.16. The van der Waals surface area contributed by atoms with Crippen LogP contribution in [0.1, 0.15) is 18.9 Å². The van der Waals surface area contributed by atoms with E-state index in [0.29, 0.717) is 6.61 Å². The molecule has 0 amide bonds. The molecule has 0 heterocycles. The number of thiocarbonyl (C=S) groups is 1. The summed E-state index contributed by atoms with van der Waals surface area (Å²) in [5.41, 5.74) is 8.85. The third kappa shape index (κ3) is 4.27. The maximum atomic E-state index is 5.58. The molecule has 0 bridgehead atoms. The first-order valence-corrected chi connectivity index (χ1v) is 5.51. The van der Waals surface area contributed by atoms with Crippen molar-refractivity contribution in [1.29, 1.82) is 0 Å². The summed E-state index contributed by atoms with van der Waals surface area (Å²) in [5, 5.41) is 2.99. The number of hydrogen-bond acceptors (Lipinski definition) is 2. The fraction of sp³-hybridized carbons (Fsp3) is 0.273. The first-order valence-electron chi connectivity index (χ1n) is 5.10. The molecule has 0 spiro atoms. The highest BCUT2D eigenvalue weighted by atomic mass is 32.1. The van der Waals surface area contributed by atoms with Crippen LogP contribution < -0.4 is 21.0 Å². The fourth-order valence-corrected chi connectivity index (χ4v) is 1.19. The number of hydrazone groups is 1. The second-order valence-corrected chi connectivity index (χ2v) is 3.60. The van der Waals surface area contributed by atoms with Crippen molar-refractivity contribution in [1.82, 2.24) is 5.43 Å². The van der Waals surface area contributed by atoms with Crippen molar-refractivity contribution in [2.24, 2.45) is 5.73 Å². The van der Waals surface area contributed by atoms with Crippen LogP contribution in [0.15, 0.2) is 24.3 Å². The maximum Gasteiger partial charge on any atom is 0.221 e. The van der Waals surface area contributed by atoms with Crippen molar-refractivity contribution in [3.8, 4) is 5.75 Å². The van der Waals surface area contributed by atoms with Crippen LogP contribution in [0, 0.1) is 0 Å². The Balaban J connectivity index is 2.70. The summed E-state index contributed by atoms with van der Waals surface area (Å²) in [6.45, 7) is 2.77. The van der Waals surface area contributed by atoms with Crippen molar-refractivity contribution < 1.29 is 9.84 Å². The number of nitrogens with two attached hydrogens (primary N) is 1. The van der Waals surface area contributed by atoms with Gasteiger partial charge in [0.25, 0.3) is 0 Å². The van der Waals surface area contributed by atoms with Crippen LogP contribution in [-0.4, -0.2) is 17.9 Å². The Hall–Kier alpha value is -1.62. The highest BCUT2D eigenvalue weighted by Gasteiger charge is 2.02. The van der Waals surface area contributed by atoms with Crippen molar-refractivity contribution in [2.75, 3.05) is 6.61 Å². The number of ether oxygens (including phenoxy) is 1. The van der Waals surface area contributed by atoms with E-state index < -0.39 is 0 Å². The highest BCUT2D eigenvalue weighted by molar-refractivity contribution is 7.80. The van der Waals surface area contributed by atoms with E-state index in [1.54, 1.807) is 6.21 Å². The van der Waals surface area contributed by atoms with E-state index in [0.717, 1.165) is 17.7 Å². The minimum atomic E-state index is 0.197. The van der Waals surface area contributed by atoms with E-state index in [4.69, 9.17) is 10.5 Å². The van der Waals surface area contributed by atoms with Gasteiger partial charge in [-0.3, -0.25) is 0 Å². The molecule has 1 aromatic carbocycles. The lowest BCUT2D eigenvalue weighted by atomic mass is 10.2. The van der Waals surface area contributed by atoms with Gasteiger partial charge < -0.3 is 10.5 Å². The van der Waals surface area contributed by atoms with Gasteiger partial charge in [0.2, 0.25) is 11.3 Å². The third-order valence-electron chi connectivity index (χ3n) is 1.80. The molecule has 0 aliphatic carbocycles. The van der Waals surface area contributed by atoms with E-state index in [1.807, 2.05) is 24.3 Å². The van der Waals surface area contributed by atoms with Gasteiger partial charge in [-0.2, -0.15) is 0 Å². The van der Waals surface area contributed by atoms with Gasteiger partial charge in [-0.25, -0.2) is 0 Å². The molecule has 0 aliphatic rings. The Labute approximate surface area is 100 Å². The summed E-state index contributed by atoms with van der Waals surface area (Å²) in [6.07, 6.45) is 2.73. The molecule has 0 unspecified atom stereocenters. The van der Waals surface area contributed by atoms with Gasteiger partial charge in [-0.1, -0.05) is 19.1 Å². The largest absolute Gasteiger partial charge is 0.493 e. The van der Waals surface area contributed by atoms with E-state index in [1.165, 1.54) is 0 Å². The molecule has 0 atom stereocenters. The van der Waals surface area contributed by atoms with Gasteiger partial charge in [0, 0.05) is 0 Å². The third-order valence-corrected chi connectivity index (χ3v) is 1.91. The normalized spacial score (nSPS) is 10.3. The molecule has 0 fully saturated rings. The molecule has 4 N–H and O–H groups in total. The van der Waals surface area contributed by atoms with Crippen LogP contribution in [0.25, 0.3) is 0 Å². The lowest BCUT2D eigenvalue weighted by Crippen LogP contribution is -2.82. The van der Waals surface area contributed by atoms with Crippen LogP contribution in [0.2, 0.25) is 0 Å². The van der Waals surface area contributed by atoms with Gasteiger partial charge in [-0.15, -0.1) is 10.5 Å². The Morgan fingerprint density at radius 2 is 2.31 bits per heavy atom. The summed E-state index contributed by atoms with van der Waals surface area (Å²) in [7, 11) is 0. The van der Waals surface area contributed by atoms with Gasteiger partial charge in [-0.05, 0) is 30.8 Å². The average molecular weight is 238 g/mol. The molecule has 1 rings (SSSR count). The van der Waals surface area contributed by atoms with Crippen LogP contribution in [0.3, 0.4) is 0 Å². The number of nitrogens with one attached hydrogen (secondary N) is 2. The molecule has 16 heavy (non-hydrogen) atoms. The lowest BCUT2D eigenvalue weighted by Gasteiger charge is -2.05. The van der Waals surface area contributed by atoms with Crippen LogP contribution in [-0.2, 0) is 0 Å². The summed E-state index contributed by atoms with van der Waals surface area (Å²) in [5.74, 6) is 0.835. The zero-order chi connectivity index (χ0) is 11.8. The Morgan fingerprint density at radius 1 is 1.56 bits per heavy atom.